The van der Waals surface area contributed by atoms with E-state index in [0.29, 0.717) is 18.2 Å². The van der Waals surface area contributed by atoms with Gasteiger partial charge in [0.05, 0.1) is 5.69 Å². The lowest BCUT2D eigenvalue weighted by Crippen LogP contribution is -2.23. The number of aryl methyl sites for hydroxylation is 2. The molecule has 0 bridgehead atoms. The molecule has 0 aliphatic heterocycles. The number of hydrogen-bond acceptors (Lipinski definition) is 4. The third-order valence-electron chi connectivity index (χ3n) is 4.48. The summed E-state index contributed by atoms with van der Waals surface area (Å²) >= 11 is 0. The van der Waals surface area contributed by atoms with Crippen molar-refractivity contribution in [2.24, 2.45) is 7.05 Å². The molecule has 0 N–H and O–H groups in total. The summed E-state index contributed by atoms with van der Waals surface area (Å²) in [5.41, 5.74) is 3.68. The lowest BCUT2D eigenvalue weighted by molar-refractivity contribution is 0.301. The van der Waals surface area contributed by atoms with Crippen LogP contribution in [-0.4, -0.2) is 19.8 Å². The van der Waals surface area contributed by atoms with Gasteiger partial charge in [-0.3, -0.25) is 0 Å². The van der Waals surface area contributed by atoms with Crippen molar-refractivity contribution >= 4 is 0 Å². The van der Waals surface area contributed by atoms with E-state index < -0.39 is 0 Å². The molecule has 3 aromatic rings. The van der Waals surface area contributed by atoms with Crippen LogP contribution in [0.5, 0.6) is 5.75 Å². The van der Waals surface area contributed by atoms with E-state index >= 15 is 0 Å². The molecule has 2 aromatic carbocycles. The molecule has 0 saturated heterocycles. The van der Waals surface area contributed by atoms with Crippen LogP contribution in [0, 0.1) is 0 Å². The van der Waals surface area contributed by atoms with Gasteiger partial charge in [-0.15, -0.1) is 0 Å². The van der Waals surface area contributed by atoms with Gasteiger partial charge >= 0.3 is 5.69 Å². The summed E-state index contributed by atoms with van der Waals surface area (Å²) < 4.78 is 8.69. The minimum absolute atomic E-state index is 0.277. The van der Waals surface area contributed by atoms with Crippen molar-refractivity contribution in [2.75, 3.05) is 0 Å². The highest BCUT2D eigenvalue weighted by molar-refractivity contribution is 5.46. The van der Waals surface area contributed by atoms with Crippen LogP contribution in [0.15, 0.2) is 47.3 Å². The average molecular weight is 352 g/mol. The Morgan fingerprint density at radius 3 is 2.50 bits per heavy atom. The second-order valence-corrected chi connectivity index (χ2v) is 6.55. The van der Waals surface area contributed by atoms with Gasteiger partial charge in [0.15, 0.2) is 0 Å². The van der Waals surface area contributed by atoms with Crippen LogP contribution < -0.4 is 10.4 Å². The number of tetrazole rings is 1. The topological polar surface area (TPSA) is 61.9 Å². The fraction of sp³-hybridized carbons (Fsp3) is 0.350. The maximum absolute atomic E-state index is 12.3. The molecular weight excluding hydrogens is 328 g/mol. The molecule has 1 heterocycles. The van der Waals surface area contributed by atoms with E-state index in [9.17, 15) is 4.79 Å². The smallest absolute Gasteiger partial charge is 0.368 e. The molecule has 6 heteroatoms. The number of nitrogens with zero attached hydrogens (tertiary/aromatic N) is 4. The van der Waals surface area contributed by atoms with E-state index in [4.69, 9.17) is 4.74 Å². The first-order valence-corrected chi connectivity index (χ1v) is 8.84. The molecule has 0 aliphatic carbocycles. The molecule has 6 nitrogen and oxygen atoms in total. The van der Waals surface area contributed by atoms with Gasteiger partial charge in [-0.05, 0) is 46.0 Å². The van der Waals surface area contributed by atoms with Gasteiger partial charge in [-0.1, -0.05) is 51.1 Å². The van der Waals surface area contributed by atoms with Crippen LogP contribution >= 0.6 is 0 Å². The largest absolute Gasteiger partial charge is 0.489 e. The molecule has 0 unspecified atom stereocenters. The Morgan fingerprint density at radius 2 is 1.85 bits per heavy atom. The summed E-state index contributed by atoms with van der Waals surface area (Å²) in [6.45, 7) is 6.72. The number of rotatable bonds is 6. The first-order chi connectivity index (χ1) is 12.5. The van der Waals surface area contributed by atoms with Crippen molar-refractivity contribution < 1.29 is 4.74 Å². The van der Waals surface area contributed by atoms with Crippen LogP contribution in [0.2, 0.25) is 0 Å². The van der Waals surface area contributed by atoms with E-state index in [1.54, 1.807) is 7.05 Å². The van der Waals surface area contributed by atoms with Gasteiger partial charge < -0.3 is 4.74 Å². The minimum atomic E-state index is -0.277. The lowest BCUT2D eigenvalue weighted by Gasteiger charge is -2.18. The van der Waals surface area contributed by atoms with E-state index in [2.05, 4.69) is 43.3 Å². The molecule has 0 aliphatic rings. The zero-order chi connectivity index (χ0) is 18.7. The molecule has 0 atom stereocenters. The summed E-state index contributed by atoms with van der Waals surface area (Å²) in [7, 11) is 1.59. The molecule has 0 fully saturated rings. The fourth-order valence-corrected chi connectivity index (χ4v) is 3.04. The molecular formula is C20H24N4O2. The molecule has 0 amide bonds. The second-order valence-electron chi connectivity index (χ2n) is 6.55. The Balaban J connectivity index is 2.04. The first kappa shape index (κ1) is 17.9. The van der Waals surface area contributed by atoms with Gasteiger partial charge in [-0.25, -0.2) is 4.79 Å². The van der Waals surface area contributed by atoms with E-state index in [0.717, 1.165) is 28.9 Å². The normalized spacial score (nSPS) is 11.1. The lowest BCUT2D eigenvalue weighted by atomic mass is 9.96. The van der Waals surface area contributed by atoms with Crippen molar-refractivity contribution in [1.82, 2.24) is 19.8 Å². The SMILES string of the molecule is CCc1ccccc1OCc1c(C(C)C)cccc1-n1nnn(C)c1=O. The average Bonchev–Trinajstić information content (AvgIpc) is 2.98. The van der Waals surface area contributed by atoms with Gasteiger partial charge in [0, 0.05) is 12.6 Å². The summed E-state index contributed by atoms with van der Waals surface area (Å²) in [6, 6.07) is 13.9. The molecule has 0 spiro atoms. The fourth-order valence-electron chi connectivity index (χ4n) is 3.04. The maximum atomic E-state index is 12.3. The highest BCUT2D eigenvalue weighted by atomic mass is 16.5. The summed E-state index contributed by atoms with van der Waals surface area (Å²) in [5, 5.41) is 7.83. The van der Waals surface area contributed by atoms with E-state index in [1.165, 1.54) is 9.36 Å². The van der Waals surface area contributed by atoms with Crippen LogP contribution in [0.25, 0.3) is 5.69 Å². The zero-order valence-electron chi connectivity index (χ0n) is 15.6. The monoisotopic (exact) mass is 352 g/mol. The van der Waals surface area contributed by atoms with Crippen molar-refractivity contribution in [3.8, 4) is 11.4 Å². The number of hydrogen-bond donors (Lipinski definition) is 0. The predicted molar refractivity (Wildman–Crippen MR) is 101 cm³/mol. The Labute approximate surface area is 153 Å². The van der Waals surface area contributed by atoms with Crippen LogP contribution in [0.3, 0.4) is 0 Å². The summed E-state index contributed by atoms with van der Waals surface area (Å²) in [6.07, 6.45) is 0.901. The molecule has 1 aromatic heterocycles. The Bertz CT molecular complexity index is 956. The van der Waals surface area contributed by atoms with Crippen LogP contribution in [0.4, 0.5) is 0 Å². The Hall–Kier alpha value is -2.89. The molecule has 0 saturated carbocycles. The number of ether oxygens (including phenoxy) is 1. The highest BCUT2D eigenvalue weighted by Gasteiger charge is 2.17. The predicted octanol–water partition coefficient (Wildman–Crippen LogP) is 3.23. The zero-order valence-corrected chi connectivity index (χ0v) is 15.6. The van der Waals surface area contributed by atoms with Gasteiger partial charge in [0.1, 0.15) is 12.4 Å². The summed E-state index contributed by atoms with van der Waals surface area (Å²) in [5.74, 6) is 1.16. The Morgan fingerprint density at radius 1 is 1.08 bits per heavy atom. The van der Waals surface area contributed by atoms with Crippen molar-refractivity contribution in [3.05, 3.63) is 69.6 Å². The third-order valence-corrected chi connectivity index (χ3v) is 4.48. The first-order valence-electron chi connectivity index (χ1n) is 8.84. The number of benzene rings is 2. The Kier molecular flexibility index (Phi) is 5.21. The van der Waals surface area contributed by atoms with E-state index in [1.807, 2.05) is 30.3 Å². The second kappa shape index (κ2) is 7.56. The molecule has 3 rings (SSSR count). The molecule has 0 radical (unpaired) electrons. The number of aromatic nitrogens is 4. The maximum Gasteiger partial charge on any atom is 0.368 e. The van der Waals surface area contributed by atoms with E-state index in [-0.39, 0.29) is 5.69 Å². The molecule has 26 heavy (non-hydrogen) atoms. The van der Waals surface area contributed by atoms with Crippen LogP contribution in [0.1, 0.15) is 43.4 Å². The van der Waals surface area contributed by atoms with Gasteiger partial charge in [-0.2, -0.15) is 9.36 Å². The molecule has 136 valence electrons. The quantitative estimate of drug-likeness (QED) is 0.683. The summed E-state index contributed by atoms with van der Waals surface area (Å²) in [4.78, 5) is 12.3. The van der Waals surface area contributed by atoms with Gasteiger partial charge in [0.2, 0.25) is 0 Å². The minimum Gasteiger partial charge on any atom is -0.489 e. The standard InChI is InChI=1S/C20H24N4O2/c1-5-15-9-6-7-12-19(15)26-13-17-16(14(2)3)10-8-11-18(17)24-20(25)23(4)21-22-24/h6-12,14H,5,13H2,1-4H3. The van der Waals surface area contributed by atoms with Crippen molar-refractivity contribution in [1.29, 1.82) is 0 Å². The number of para-hydroxylation sites is 1. The van der Waals surface area contributed by atoms with Gasteiger partial charge in [0.25, 0.3) is 0 Å². The van der Waals surface area contributed by atoms with Crippen molar-refractivity contribution in [3.63, 3.8) is 0 Å². The van der Waals surface area contributed by atoms with Crippen molar-refractivity contribution in [2.45, 2.75) is 39.7 Å². The highest BCUT2D eigenvalue weighted by Crippen LogP contribution is 2.27. The third kappa shape index (κ3) is 3.40. The van der Waals surface area contributed by atoms with Crippen LogP contribution in [-0.2, 0) is 20.1 Å².